The Labute approximate surface area is 262 Å². The minimum Gasteiger partial charge on any atom is -0.372 e. The zero-order chi connectivity index (χ0) is 31.5. The Morgan fingerprint density at radius 1 is 0.750 bits per heavy atom. The zero-order valence-electron chi connectivity index (χ0n) is 26.1. The number of benzene rings is 3. The second-order valence-electron chi connectivity index (χ2n) is 11.5. The van der Waals surface area contributed by atoms with Gasteiger partial charge in [-0.25, -0.2) is 8.42 Å². The number of hydrogen-bond acceptors (Lipinski definition) is 6. The standard InChI is InChI=1S/C33H43N5O4S2/c1-5-36(6-2)29-15-13-28(14-16-29)33-37(23-24-38(33)44(41,42)31-19-11-27(4)12-20-31)32(25-35-21-7-8-22-35)34-43(39,40)30-17-9-26(3)10-18-30/h9-20,33H,5-8,21-25H2,1-4H3. The van der Waals surface area contributed by atoms with Gasteiger partial charge in [-0.15, -0.1) is 4.40 Å². The molecule has 5 rings (SSSR count). The molecule has 0 N–H and O–H groups in total. The average molecular weight is 638 g/mol. The molecule has 44 heavy (non-hydrogen) atoms. The fourth-order valence-electron chi connectivity index (χ4n) is 5.98. The van der Waals surface area contributed by atoms with E-state index in [0.717, 1.165) is 61.4 Å². The quantitative estimate of drug-likeness (QED) is 0.227. The van der Waals surface area contributed by atoms with E-state index in [0.29, 0.717) is 18.9 Å². The van der Waals surface area contributed by atoms with Crippen LogP contribution in [0.3, 0.4) is 0 Å². The number of rotatable bonds is 10. The molecule has 2 aliphatic heterocycles. The summed E-state index contributed by atoms with van der Waals surface area (Å²) < 4.78 is 61.6. The van der Waals surface area contributed by atoms with Gasteiger partial charge in [0.2, 0.25) is 10.0 Å². The molecule has 236 valence electrons. The molecule has 2 aliphatic rings. The minimum atomic E-state index is -4.05. The lowest BCUT2D eigenvalue weighted by Gasteiger charge is -2.33. The molecular weight excluding hydrogens is 595 g/mol. The molecule has 2 fully saturated rings. The van der Waals surface area contributed by atoms with Gasteiger partial charge in [0.15, 0.2) is 0 Å². The first-order valence-electron chi connectivity index (χ1n) is 15.4. The Morgan fingerprint density at radius 2 is 1.30 bits per heavy atom. The van der Waals surface area contributed by atoms with Gasteiger partial charge in [-0.05, 0) is 95.6 Å². The molecule has 2 heterocycles. The van der Waals surface area contributed by atoms with Crippen molar-refractivity contribution in [1.29, 1.82) is 0 Å². The van der Waals surface area contributed by atoms with E-state index in [1.54, 1.807) is 48.5 Å². The SMILES string of the molecule is CCN(CC)c1ccc(C2N(C(CN3CCCC3)=NS(=O)(=O)c3ccc(C)cc3)CCN2S(=O)(=O)c2ccc(C)cc2)cc1. The van der Waals surface area contributed by atoms with Crippen LogP contribution in [0.1, 0.15) is 49.5 Å². The van der Waals surface area contributed by atoms with Gasteiger partial charge in [-0.3, -0.25) is 4.90 Å². The number of nitrogens with zero attached hydrogens (tertiary/aromatic N) is 5. The molecule has 0 amide bonds. The monoisotopic (exact) mass is 637 g/mol. The summed E-state index contributed by atoms with van der Waals surface area (Å²) >= 11 is 0. The van der Waals surface area contributed by atoms with Crippen LogP contribution < -0.4 is 4.90 Å². The van der Waals surface area contributed by atoms with Gasteiger partial charge in [0.05, 0.1) is 16.3 Å². The van der Waals surface area contributed by atoms with Crippen LogP contribution in [-0.2, 0) is 20.0 Å². The second kappa shape index (κ2) is 13.4. The normalized spacial score (nSPS) is 18.7. The molecule has 1 unspecified atom stereocenters. The van der Waals surface area contributed by atoms with E-state index in [-0.39, 0.29) is 16.3 Å². The molecule has 0 saturated carbocycles. The first-order chi connectivity index (χ1) is 21.0. The van der Waals surface area contributed by atoms with E-state index >= 15 is 0 Å². The molecule has 0 radical (unpaired) electrons. The number of anilines is 1. The van der Waals surface area contributed by atoms with Crippen LogP contribution in [0.15, 0.2) is 87.0 Å². The highest BCUT2D eigenvalue weighted by molar-refractivity contribution is 7.90. The summed E-state index contributed by atoms with van der Waals surface area (Å²) in [5.74, 6) is 0.354. The van der Waals surface area contributed by atoms with E-state index in [1.165, 1.54) is 4.31 Å². The summed E-state index contributed by atoms with van der Waals surface area (Å²) in [6.45, 7) is 12.2. The highest BCUT2D eigenvalue weighted by atomic mass is 32.2. The summed E-state index contributed by atoms with van der Waals surface area (Å²) in [4.78, 5) is 6.62. The van der Waals surface area contributed by atoms with Crippen molar-refractivity contribution >= 4 is 31.6 Å². The predicted molar refractivity (Wildman–Crippen MR) is 176 cm³/mol. The van der Waals surface area contributed by atoms with Gasteiger partial charge in [0.1, 0.15) is 12.0 Å². The zero-order valence-corrected chi connectivity index (χ0v) is 27.7. The predicted octanol–water partition coefficient (Wildman–Crippen LogP) is 5.04. The third-order valence-electron chi connectivity index (χ3n) is 8.52. The van der Waals surface area contributed by atoms with E-state index in [9.17, 15) is 16.8 Å². The summed E-state index contributed by atoms with van der Waals surface area (Å²) in [6, 6.07) is 21.4. The lowest BCUT2D eigenvalue weighted by atomic mass is 10.1. The molecule has 0 aromatic heterocycles. The van der Waals surface area contributed by atoms with E-state index in [4.69, 9.17) is 0 Å². The summed E-state index contributed by atoms with van der Waals surface area (Å²) in [5, 5.41) is 0. The fourth-order valence-corrected chi connectivity index (χ4v) is 8.58. The minimum absolute atomic E-state index is 0.116. The Balaban J connectivity index is 1.62. The van der Waals surface area contributed by atoms with Crippen molar-refractivity contribution in [3.05, 3.63) is 89.5 Å². The van der Waals surface area contributed by atoms with Gasteiger partial charge in [0, 0.05) is 31.9 Å². The molecule has 3 aromatic carbocycles. The molecule has 0 aliphatic carbocycles. The van der Waals surface area contributed by atoms with Crippen molar-refractivity contribution in [2.45, 2.75) is 56.5 Å². The molecule has 1 atom stereocenters. The molecule has 11 heteroatoms. The summed E-state index contributed by atoms with van der Waals surface area (Å²) in [6.07, 6.45) is 1.30. The number of likely N-dealkylation sites (tertiary alicyclic amines) is 1. The third kappa shape index (κ3) is 6.86. The maximum atomic E-state index is 14.2. The highest BCUT2D eigenvalue weighted by Gasteiger charge is 2.43. The third-order valence-corrected chi connectivity index (χ3v) is 11.7. The van der Waals surface area contributed by atoms with Crippen molar-refractivity contribution in [3.63, 3.8) is 0 Å². The average Bonchev–Trinajstić information content (AvgIpc) is 3.69. The van der Waals surface area contributed by atoms with E-state index in [1.807, 2.05) is 43.0 Å². The van der Waals surface area contributed by atoms with Crippen molar-refractivity contribution in [2.24, 2.45) is 4.40 Å². The summed E-state index contributed by atoms with van der Waals surface area (Å²) in [5.41, 5.74) is 3.73. The first-order valence-corrected chi connectivity index (χ1v) is 18.2. The fraction of sp³-hybridized carbons (Fsp3) is 0.424. The Hall–Kier alpha value is -3.25. The maximum absolute atomic E-state index is 14.2. The lowest BCUT2D eigenvalue weighted by molar-refractivity contribution is 0.271. The number of hydrogen-bond donors (Lipinski definition) is 0. The Kier molecular flexibility index (Phi) is 9.79. The van der Waals surface area contributed by atoms with Gasteiger partial charge in [0.25, 0.3) is 10.0 Å². The lowest BCUT2D eigenvalue weighted by Crippen LogP contribution is -2.42. The van der Waals surface area contributed by atoms with Gasteiger partial charge < -0.3 is 9.80 Å². The number of amidine groups is 1. The number of sulfonamides is 2. The van der Waals surface area contributed by atoms with E-state index < -0.39 is 26.2 Å². The van der Waals surface area contributed by atoms with Crippen LogP contribution in [0.2, 0.25) is 0 Å². The van der Waals surface area contributed by atoms with Crippen LogP contribution in [0.5, 0.6) is 0 Å². The van der Waals surface area contributed by atoms with Crippen molar-refractivity contribution in [3.8, 4) is 0 Å². The van der Waals surface area contributed by atoms with Crippen LogP contribution in [-0.4, -0.2) is 82.6 Å². The van der Waals surface area contributed by atoms with Gasteiger partial charge in [-0.2, -0.15) is 12.7 Å². The van der Waals surface area contributed by atoms with Crippen LogP contribution >= 0.6 is 0 Å². The Bertz CT molecular complexity index is 1660. The van der Waals surface area contributed by atoms with Crippen LogP contribution in [0, 0.1) is 13.8 Å². The molecule has 3 aromatic rings. The molecular formula is C33H43N5O4S2. The van der Waals surface area contributed by atoms with Gasteiger partial charge in [-0.1, -0.05) is 47.5 Å². The van der Waals surface area contributed by atoms with Gasteiger partial charge >= 0.3 is 0 Å². The molecule has 9 nitrogen and oxygen atoms in total. The van der Waals surface area contributed by atoms with E-state index in [2.05, 4.69) is 28.0 Å². The van der Waals surface area contributed by atoms with Crippen molar-refractivity contribution in [1.82, 2.24) is 14.1 Å². The summed E-state index contributed by atoms with van der Waals surface area (Å²) in [7, 11) is -7.97. The van der Waals surface area contributed by atoms with Crippen molar-refractivity contribution in [2.75, 3.05) is 50.7 Å². The number of aryl methyl sites for hydroxylation is 2. The Morgan fingerprint density at radius 3 is 1.84 bits per heavy atom. The smallest absolute Gasteiger partial charge is 0.283 e. The highest BCUT2D eigenvalue weighted by Crippen LogP contribution is 2.37. The topological polar surface area (TPSA) is 93.6 Å². The molecule has 0 spiro atoms. The maximum Gasteiger partial charge on any atom is 0.283 e. The first kappa shape index (κ1) is 32.2. The van der Waals surface area contributed by atoms with Crippen LogP contribution in [0.25, 0.3) is 0 Å². The second-order valence-corrected chi connectivity index (χ2v) is 15.0. The molecule has 2 saturated heterocycles. The van der Waals surface area contributed by atoms with Crippen LogP contribution in [0.4, 0.5) is 5.69 Å². The van der Waals surface area contributed by atoms with Crippen molar-refractivity contribution < 1.29 is 16.8 Å². The molecule has 0 bridgehead atoms. The largest absolute Gasteiger partial charge is 0.372 e.